The third-order valence-electron chi connectivity index (χ3n) is 2.03. The second-order valence-electron chi connectivity index (χ2n) is 2.68. The molecule has 0 aromatic carbocycles. The van der Waals surface area contributed by atoms with E-state index in [1.54, 1.807) is 0 Å². The average Bonchev–Trinajstić information content (AvgIpc) is 2.55. The van der Waals surface area contributed by atoms with Crippen molar-refractivity contribution < 1.29 is 0 Å². The van der Waals surface area contributed by atoms with Crippen molar-refractivity contribution in [3.63, 3.8) is 0 Å². The minimum absolute atomic E-state index is 0.215. The standard InChI is InChI=1S/C8H16N4/c1-3-12-6-11-5-8(12)7(4-9)10-2/h5-7,10H,3-4,9H2,1-2H3. The fourth-order valence-corrected chi connectivity index (χ4v) is 1.27. The predicted octanol–water partition coefficient (Wildman–Crippen LogP) is 0.122. The smallest absolute Gasteiger partial charge is 0.0948 e. The quantitative estimate of drug-likeness (QED) is 0.671. The van der Waals surface area contributed by atoms with Crippen LogP contribution in [-0.2, 0) is 6.54 Å². The molecule has 12 heavy (non-hydrogen) atoms. The Labute approximate surface area is 72.8 Å². The maximum Gasteiger partial charge on any atom is 0.0948 e. The van der Waals surface area contributed by atoms with Crippen LogP contribution in [0.2, 0.25) is 0 Å². The topological polar surface area (TPSA) is 55.9 Å². The number of hydrogen-bond donors (Lipinski definition) is 2. The first kappa shape index (κ1) is 9.22. The van der Waals surface area contributed by atoms with Gasteiger partial charge in [0.05, 0.1) is 18.1 Å². The first-order chi connectivity index (χ1) is 5.83. The van der Waals surface area contributed by atoms with Crippen LogP contribution in [0.3, 0.4) is 0 Å². The molecule has 1 unspecified atom stereocenters. The fourth-order valence-electron chi connectivity index (χ4n) is 1.27. The molecule has 0 saturated heterocycles. The van der Waals surface area contributed by atoms with Crippen LogP contribution in [0.1, 0.15) is 18.7 Å². The highest BCUT2D eigenvalue weighted by Crippen LogP contribution is 2.09. The van der Waals surface area contributed by atoms with E-state index in [4.69, 9.17) is 5.73 Å². The number of nitrogens with one attached hydrogen (secondary N) is 1. The molecule has 0 aliphatic carbocycles. The summed E-state index contributed by atoms with van der Waals surface area (Å²) >= 11 is 0. The van der Waals surface area contributed by atoms with Crippen molar-refractivity contribution in [3.05, 3.63) is 18.2 Å². The van der Waals surface area contributed by atoms with Crippen LogP contribution < -0.4 is 11.1 Å². The Balaban J connectivity index is 2.83. The third kappa shape index (κ3) is 1.65. The molecule has 3 N–H and O–H groups in total. The molecule has 1 atom stereocenters. The van der Waals surface area contributed by atoms with Gasteiger partial charge in [-0.15, -0.1) is 0 Å². The second-order valence-corrected chi connectivity index (χ2v) is 2.68. The summed E-state index contributed by atoms with van der Waals surface area (Å²) in [6, 6.07) is 0.215. The Bertz CT molecular complexity index is 227. The molecule has 0 saturated carbocycles. The van der Waals surface area contributed by atoms with E-state index in [2.05, 4.69) is 21.8 Å². The molecule has 4 nitrogen and oxygen atoms in total. The van der Waals surface area contributed by atoms with Gasteiger partial charge >= 0.3 is 0 Å². The summed E-state index contributed by atoms with van der Waals surface area (Å²) in [5.74, 6) is 0. The molecule has 1 heterocycles. The van der Waals surface area contributed by atoms with Crippen molar-refractivity contribution in [2.75, 3.05) is 13.6 Å². The van der Waals surface area contributed by atoms with Gasteiger partial charge in [-0.1, -0.05) is 0 Å². The van der Waals surface area contributed by atoms with E-state index in [1.165, 1.54) is 0 Å². The van der Waals surface area contributed by atoms with Crippen LogP contribution >= 0.6 is 0 Å². The summed E-state index contributed by atoms with van der Waals surface area (Å²) in [5, 5.41) is 3.14. The summed E-state index contributed by atoms with van der Waals surface area (Å²) < 4.78 is 2.09. The minimum Gasteiger partial charge on any atom is -0.333 e. The first-order valence-electron chi connectivity index (χ1n) is 4.20. The number of imidazole rings is 1. The molecule has 0 aliphatic heterocycles. The van der Waals surface area contributed by atoms with Gasteiger partial charge in [-0.2, -0.15) is 0 Å². The Morgan fingerprint density at radius 3 is 3.00 bits per heavy atom. The summed E-state index contributed by atoms with van der Waals surface area (Å²) in [6.45, 7) is 3.63. The number of rotatable bonds is 4. The van der Waals surface area contributed by atoms with Crippen LogP contribution in [0.15, 0.2) is 12.5 Å². The van der Waals surface area contributed by atoms with Crippen LogP contribution in [0.4, 0.5) is 0 Å². The second kappa shape index (κ2) is 4.23. The van der Waals surface area contributed by atoms with Gasteiger partial charge in [0, 0.05) is 19.3 Å². The van der Waals surface area contributed by atoms with E-state index in [0.717, 1.165) is 12.2 Å². The summed E-state index contributed by atoms with van der Waals surface area (Å²) in [4.78, 5) is 4.08. The Morgan fingerprint density at radius 2 is 2.50 bits per heavy atom. The van der Waals surface area contributed by atoms with E-state index in [-0.39, 0.29) is 6.04 Å². The van der Waals surface area contributed by atoms with Crippen molar-refractivity contribution in [2.24, 2.45) is 5.73 Å². The molecular weight excluding hydrogens is 152 g/mol. The summed E-state index contributed by atoms with van der Waals surface area (Å²) in [5.41, 5.74) is 6.75. The highest BCUT2D eigenvalue weighted by atomic mass is 15.1. The van der Waals surface area contributed by atoms with Crippen molar-refractivity contribution >= 4 is 0 Å². The number of likely N-dealkylation sites (N-methyl/N-ethyl adjacent to an activating group) is 1. The molecule has 0 bridgehead atoms. The lowest BCUT2D eigenvalue weighted by Crippen LogP contribution is -2.26. The third-order valence-corrected chi connectivity index (χ3v) is 2.03. The zero-order valence-corrected chi connectivity index (χ0v) is 7.62. The van der Waals surface area contributed by atoms with Gasteiger partial charge in [0.1, 0.15) is 0 Å². The number of nitrogens with two attached hydrogens (primary N) is 1. The Morgan fingerprint density at radius 1 is 1.75 bits per heavy atom. The first-order valence-corrected chi connectivity index (χ1v) is 4.20. The Hall–Kier alpha value is -0.870. The van der Waals surface area contributed by atoms with Gasteiger partial charge in [-0.05, 0) is 14.0 Å². The van der Waals surface area contributed by atoms with Crippen LogP contribution in [0.5, 0.6) is 0 Å². The highest BCUT2D eigenvalue weighted by Gasteiger charge is 2.10. The molecule has 1 aromatic rings. The maximum absolute atomic E-state index is 5.59. The largest absolute Gasteiger partial charge is 0.333 e. The van der Waals surface area contributed by atoms with E-state index in [0.29, 0.717) is 6.54 Å². The maximum atomic E-state index is 5.59. The van der Waals surface area contributed by atoms with Gasteiger partial charge in [0.2, 0.25) is 0 Å². The molecular formula is C8H16N4. The average molecular weight is 168 g/mol. The normalized spacial score (nSPS) is 13.2. The van der Waals surface area contributed by atoms with Crippen LogP contribution in [0, 0.1) is 0 Å². The lowest BCUT2D eigenvalue weighted by Gasteiger charge is -2.14. The molecule has 1 aromatic heterocycles. The zero-order chi connectivity index (χ0) is 8.97. The number of aryl methyl sites for hydroxylation is 1. The minimum atomic E-state index is 0.215. The van der Waals surface area contributed by atoms with Gasteiger partial charge < -0.3 is 15.6 Å². The molecule has 4 heteroatoms. The molecule has 0 fully saturated rings. The lowest BCUT2D eigenvalue weighted by molar-refractivity contribution is 0.551. The van der Waals surface area contributed by atoms with Gasteiger partial charge in [-0.3, -0.25) is 0 Å². The summed E-state index contributed by atoms with van der Waals surface area (Å²) in [6.07, 6.45) is 3.69. The van der Waals surface area contributed by atoms with Crippen LogP contribution in [-0.4, -0.2) is 23.1 Å². The van der Waals surface area contributed by atoms with E-state index >= 15 is 0 Å². The number of nitrogens with zero attached hydrogens (tertiary/aromatic N) is 2. The zero-order valence-electron chi connectivity index (χ0n) is 7.62. The van der Waals surface area contributed by atoms with Crippen LogP contribution in [0.25, 0.3) is 0 Å². The van der Waals surface area contributed by atoms with Gasteiger partial charge in [0.25, 0.3) is 0 Å². The molecule has 0 spiro atoms. The molecule has 0 radical (unpaired) electrons. The van der Waals surface area contributed by atoms with Gasteiger partial charge in [-0.25, -0.2) is 4.98 Å². The van der Waals surface area contributed by atoms with Gasteiger partial charge in [0.15, 0.2) is 0 Å². The molecule has 0 amide bonds. The summed E-state index contributed by atoms with van der Waals surface area (Å²) in [7, 11) is 1.91. The molecule has 1 rings (SSSR count). The number of hydrogen-bond acceptors (Lipinski definition) is 3. The fraction of sp³-hybridized carbons (Fsp3) is 0.625. The lowest BCUT2D eigenvalue weighted by atomic mass is 10.2. The number of aromatic nitrogens is 2. The Kier molecular flexibility index (Phi) is 3.25. The SMILES string of the molecule is CCn1cncc1C(CN)NC. The van der Waals surface area contributed by atoms with E-state index < -0.39 is 0 Å². The molecule has 68 valence electrons. The monoisotopic (exact) mass is 168 g/mol. The van der Waals surface area contributed by atoms with Crippen molar-refractivity contribution in [1.29, 1.82) is 0 Å². The van der Waals surface area contributed by atoms with Crippen molar-refractivity contribution in [2.45, 2.75) is 19.5 Å². The van der Waals surface area contributed by atoms with Crippen molar-refractivity contribution in [1.82, 2.24) is 14.9 Å². The van der Waals surface area contributed by atoms with Crippen molar-refractivity contribution in [3.8, 4) is 0 Å². The molecule has 0 aliphatic rings. The predicted molar refractivity (Wildman–Crippen MR) is 48.8 cm³/mol. The van der Waals surface area contributed by atoms with E-state index in [1.807, 2.05) is 19.6 Å². The highest BCUT2D eigenvalue weighted by molar-refractivity contribution is 5.05. The van der Waals surface area contributed by atoms with E-state index in [9.17, 15) is 0 Å².